The molecule has 4 nitrogen and oxygen atoms in total. The molecule has 0 saturated carbocycles. The van der Waals surface area contributed by atoms with Crippen molar-refractivity contribution < 1.29 is 21.6 Å². The molecule has 10 heteroatoms. The van der Waals surface area contributed by atoms with E-state index in [2.05, 4.69) is 5.32 Å². The number of sulfonamides is 1. The van der Waals surface area contributed by atoms with Gasteiger partial charge in [-0.15, -0.1) is 12.4 Å². The largest absolute Gasteiger partial charge is 0.417 e. The molecule has 0 bridgehead atoms. The van der Waals surface area contributed by atoms with Crippen molar-refractivity contribution in [1.82, 2.24) is 9.62 Å². The first-order chi connectivity index (χ1) is 9.66. The summed E-state index contributed by atoms with van der Waals surface area (Å²) in [6.07, 6.45) is -4.22. The van der Waals surface area contributed by atoms with Crippen LogP contribution in [-0.2, 0) is 16.2 Å². The Morgan fingerprint density at radius 2 is 2.00 bits per heavy atom. The third kappa shape index (κ3) is 3.86. The highest BCUT2D eigenvalue weighted by Gasteiger charge is 2.40. The van der Waals surface area contributed by atoms with Crippen molar-refractivity contribution in [3.63, 3.8) is 0 Å². The zero-order chi connectivity index (χ0) is 15.8. The van der Waals surface area contributed by atoms with Gasteiger partial charge in [-0.1, -0.05) is 11.6 Å². The second-order valence-corrected chi connectivity index (χ2v) is 7.12. The Labute approximate surface area is 138 Å². The Morgan fingerprint density at radius 1 is 1.36 bits per heavy atom. The molecule has 1 aromatic carbocycles. The summed E-state index contributed by atoms with van der Waals surface area (Å²) in [6.45, 7) is 0.340. The molecule has 1 aromatic rings. The van der Waals surface area contributed by atoms with Crippen molar-refractivity contribution in [2.24, 2.45) is 0 Å². The molecule has 22 heavy (non-hydrogen) atoms. The zero-order valence-electron chi connectivity index (χ0n) is 11.5. The zero-order valence-corrected chi connectivity index (χ0v) is 13.9. The number of benzene rings is 1. The summed E-state index contributed by atoms with van der Waals surface area (Å²) < 4.78 is 65.0. The van der Waals surface area contributed by atoms with Gasteiger partial charge in [0.2, 0.25) is 10.0 Å². The molecule has 1 aliphatic rings. The van der Waals surface area contributed by atoms with Gasteiger partial charge in [0.05, 0.1) is 10.5 Å². The Kier molecular flexibility index (Phi) is 6.14. The standard InChI is InChI=1S/C12H14ClF3N2O2S.ClH/c1-17-9-4-5-18(7-9)21(19,20)11-3-2-8(13)6-10(11)12(14,15)16;/h2-3,6,9,17H,4-5,7H2,1H3;1H. The fourth-order valence-corrected chi connectivity index (χ4v) is 4.13. The van der Waals surface area contributed by atoms with E-state index in [0.717, 1.165) is 16.4 Å². The van der Waals surface area contributed by atoms with Gasteiger partial charge in [-0.3, -0.25) is 0 Å². The third-order valence-electron chi connectivity index (χ3n) is 3.42. The summed E-state index contributed by atoms with van der Waals surface area (Å²) in [6, 6.07) is 2.64. The lowest BCUT2D eigenvalue weighted by molar-refractivity contribution is -0.139. The smallest absolute Gasteiger partial charge is 0.316 e. The van der Waals surface area contributed by atoms with Crippen LogP contribution in [0, 0.1) is 0 Å². The molecule has 0 aromatic heterocycles. The molecule has 0 spiro atoms. The fraction of sp³-hybridized carbons (Fsp3) is 0.500. The van der Waals surface area contributed by atoms with E-state index in [1.165, 1.54) is 0 Å². The van der Waals surface area contributed by atoms with E-state index in [9.17, 15) is 21.6 Å². The Bertz CT molecular complexity index is 638. The summed E-state index contributed by atoms with van der Waals surface area (Å²) in [5.41, 5.74) is -1.23. The van der Waals surface area contributed by atoms with Crippen molar-refractivity contribution in [1.29, 1.82) is 0 Å². The Morgan fingerprint density at radius 3 is 2.50 bits per heavy atom. The van der Waals surface area contributed by atoms with Crippen LogP contribution in [-0.4, -0.2) is 38.9 Å². The molecule has 0 radical (unpaired) electrons. The minimum atomic E-state index is -4.78. The fourth-order valence-electron chi connectivity index (χ4n) is 2.27. The van der Waals surface area contributed by atoms with Crippen LogP contribution in [0.2, 0.25) is 5.02 Å². The molecule has 126 valence electrons. The number of nitrogens with one attached hydrogen (secondary N) is 1. The van der Waals surface area contributed by atoms with Crippen LogP contribution in [0.4, 0.5) is 13.2 Å². The maximum Gasteiger partial charge on any atom is 0.417 e. The van der Waals surface area contributed by atoms with Crippen LogP contribution in [0.3, 0.4) is 0 Å². The summed E-state index contributed by atoms with van der Waals surface area (Å²) >= 11 is 5.56. The van der Waals surface area contributed by atoms with E-state index < -0.39 is 26.7 Å². The van der Waals surface area contributed by atoms with Gasteiger partial charge in [0.25, 0.3) is 0 Å². The van der Waals surface area contributed by atoms with Crippen LogP contribution in [0.25, 0.3) is 0 Å². The van der Waals surface area contributed by atoms with Gasteiger partial charge in [-0.05, 0) is 31.7 Å². The van der Waals surface area contributed by atoms with Gasteiger partial charge in [0.1, 0.15) is 0 Å². The van der Waals surface area contributed by atoms with Crippen LogP contribution >= 0.6 is 24.0 Å². The summed E-state index contributed by atoms with van der Waals surface area (Å²) in [5.74, 6) is 0. The highest BCUT2D eigenvalue weighted by atomic mass is 35.5. The summed E-state index contributed by atoms with van der Waals surface area (Å²) in [7, 11) is -2.51. The minimum absolute atomic E-state index is 0. The molecule has 1 unspecified atom stereocenters. The van der Waals surface area contributed by atoms with E-state index in [0.29, 0.717) is 12.5 Å². The minimum Gasteiger partial charge on any atom is -0.316 e. The average Bonchev–Trinajstić information content (AvgIpc) is 2.86. The van der Waals surface area contributed by atoms with Crippen LogP contribution in [0.5, 0.6) is 0 Å². The Hall–Kier alpha value is -0.540. The second-order valence-electron chi connectivity index (χ2n) is 4.78. The number of halogens is 5. The van der Waals surface area contributed by atoms with E-state index in [-0.39, 0.29) is 36.6 Å². The highest BCUT2D eigenvalue weighted by molar-refractivity contribution is 7.89. The predicted octanol–water partition coefficient (Wildman–Crippen LogP) is 2.76. The first kappa shape index (κ1) is 19.5. The molecule has 1 aliphatic heterocycles. The van der Waals surface area contributed by atoms with Gasteiger partial charge in [0, 0.05) is 24.2 Å². The molecular weight excluding hydrogens is 364 g/mol. The van der Waals surface area contributed by atoms with Gasteiger partial charge in [0.15, 0.2) is 0 Å². The third-order valence-corrected chi connectivity index (χ3v) is 5.58. The van der Waals surface area contributed by atoms with Crippen molar-refractivity contribution in [3.05, 3.63) is 28.8 Å². The van der Waals surface area contributed by atoms with Gasteiger partial charge < -0.3 is 5.32 Å². The van der Waals surface area contributed by atoms with Crippen molar-refractivity contribution in [2.45, 2.75) is 23.5 Å². The quantitative estimate of drug-likeness (QED) is 0.879. The maximum absolute atomic E-state index is 13.0. The molecule has 2 rings (SSSR count). The average molecular weight is 379 g/mol. The number of rotatable bonds is 3. The first-order valence-corrected chi connectivity index (χ1v) is 8.02. The van der Waals surface area contributed by atoms with Crippen molar-refractivity contribution in [3.8, 4) is 0 Å². The lowest BCUT2D eigenvalue weighted by Gasteiger charge is -2.20. The Balaban J connectivity index is 0.00000242. The maximum atomic E-state index is 13.0. The number of hydrogen-bond acceptors (Lipinski definition) is 3. The van der Waals surface area contributed by atoms with Crippen LogP contribution in [0.15, 0.2) is 23.1 Å². The van der Waals surface area contributed by atoms with Crippen molar-refractivity contribution >= 4 is 34.0 Å². The van der Waals surface area contributed by atoms with E-state index in [1.807, 2.05) is 0 Å². The predicted molar refractivity (Wildman–Crippen MR) is 79.9 cm³/mol. The molecule has 0 amide bonds. The van der Waals surface area contributed by atoms with Gasteiger partial charge in [-0.2, -0.15) is 17.5 Å². The van der Waals surface area contributed by atoms with Crippen LogP contribution in [0.1, 0.15) is 12.0 Å². The van der Waals surface area contributed by atoms with E-state index in [1.54, 1.807) is 7.05 Å². The molecule has 1 fully saturated rings. The second kappa shape index (κ2) is 6.92. The first-order valence-electron chi connectivity index (χ1n) is 6.20. The number of likely N-dealkylation sites (N-methyl/N-ethyl adjacent to an activating group) is 1. The molecule has 1 saturated heterocycles. The van der Waals surface area contributed by atoms with Crippen LogP contribution < -0.4 is 5.32 Å². The van der Waals surface area contributed by atoms with E-state index in [4.69, 9.17) is 11.6 Å². The van der Waals surface area contributed by atoms with Gasteiger partial charge in [-0.25, -0.2) is 8.42 Å². The SMILES string of the molecule is CNC1CCN(S(=O)(=O)c2ccc(Cl)cc2C(F)(F)F)C1.Cl. The lowest BCUT2D eigenvalue weighted by atomic mass is 10.2. The lowest BCUT2D eigenvalue weighted by Crippen LogP contribution is -2.34. The topological polar surface area (TPSA) is 49.4 Å². The summed E-state index contributed by atoms with van der Waals surface area (Å²) in [4.78, 5) is -0.754. The van der Waals surface area contributed by atoms with Crippen molar-refractivity contribution in [2.75, 3.05) is 20.1 Å². The number of alkyl halides is 3. The molecule has 1 heterocycles. The number of nitrogens with zero attached hydrogens (tertiary/aromatic N) is 1. The normalized spacial score (nSPS) is 20.0. The summed E-state index contributed by atoms with van der Waals surface area (Å²) in [5, 5.41) is 2.77. The highest BCUT2D eigenvalue weighted by Crippen LogP contribution is 2.37. The monoisotopic (exact) mass is 378 g/mol. The molecular formula is C12H15Cl2F3N2O2S. The van der Waals surface area contributed by atoms with E-state index >= 15 is 0 Å². The van der Waals surface area contributed by atoms with Gasteiger partial charge >= 0.3 is 6.18 Å². The molecule has 1 atom stereocenters. The number of hydrogen-bond donors (Lipinski definition) is 1. The molecule has 1 N–H and O–H groups in total. The molecule has 0 aliphatic carbocycles.